The molecule has 2 unspecified atom stereocenters. The molecule has 7 heteroatoms. The lowest BCUT2D eigenvalue weighted by Gasteiger charge is -2.33. The Kier molecular flexibility index (Phi) is 6.37. The SMILES string of the molecule is CC(CC[C@@H]1CN(C(=O)O)C(C)(C)C1)(NS(=O)C(C)(C)C)c1ccccn1. The van der Waals surface area contributed by atoms with Gasteiger partial charge in [-0.1, -0.05) is 6.07 Å². The molecule has 0 aromatic carbocycles. The summed E-state index contributed by atoms with van der Waals surface area (Å²) in [5.41, 5.74) is -0.0327. The molecule has 1 aliphatic rings. The molecule has 6 nitrogen and oxygen atoms in total. The van der Waals surface area contributed by atoms with Gasteiger partial charge in [0.2, 0.25) is 0 Å². The van der Waals surface area contributed by atoms with Crippen molar-refractivity contribution in [2.24, 2.45) is 5.92 Å². The molecule has 3 atom stereocenters. The Morgan fingerprint density at radius 3 is 2.52 bits per heavy atom. The Bertz CT molecular complexity index is 687. The van der Waals surface area contributed by atoms with Gasteiger partial charge in [0.1, 0.15) is 0 Å². The maximum atomic E-state index is 12.8. The van der Waals surface area contributed by atoms with E-state index in [9.17, 15) is 14.1 Å². The molecule has 0 spiro atoms. The minimum atomic E-state index is -1.23. The Labute approximate surface area is 165 Å². The maximum Gasteiger partial charge on any atom is 0.407 e. The third kappa shape index (κ3) is 5.29. The maximum absolute atomic E-state index is 12.8. The third-order valence-electron chi connectivity index (χ3n) is 5.35. The van der Waals surface area contributed by atoms with Crippen LogP contribution in [0.5, 0.6) is 0 Å². The topological polar surface area (TPSA) is 82.5 Å². The van der Waals surface area contributed by atoms with Gasteiger partial charge in [0.15, 0.2) is 0 Å². The number of hydrogen-bond acceptors (Lipinski definition) is 3. The predicted octanol–water partition coefficient (Wildman–Crippen LogP) is 3.91. The number of nitrogens with zero attached hydrogens (tertiary/aromatic N) is 2. The molecule has 1 aliphatic heterocycles. The fourth-order valence-electron chi connectivity index (χ4n) is 3.69. The fourth-order valence-corrected chi connectivity index (χ4v) is 4.61. The van der Waals surface area contributed by atoms with Gasteiger partial charge in [0.25, 0.3) is 0 Å². The highest BCUT2D eigenvalue weighted by Crippen LogP contribution is 2.37. The van der Waals surface area contributed by atoms with E-state index in [0.717, 1.165) is 25.0 Å². The lowest BCUT2D eigenvalue weighted by molar-refractivity contribution is 0.117. The van der Waals surface area contributed by atoms with Crippen LogP contribution in [0.25, 0.3) is 0 Å². The van der Waals surface area contributed by atoms with Crippen molar-refractivity contribution in [1.29, 1.82) is 0 Å². The predicted molar refractivity (Wildman–Crippen MR) is 109 cm³/mol. The molecular formula is C20H33N3O3S. The van der Waals surface area contributed by atoms with Crippen molar-refractivity contribution in [2.45, 2.75) is 76.6 Å². The molecule has 0 radical (unpaired) electrons. The van der Waals surface area contributed by atoms with Gasteiger partial charge in [-0.25, -0.2) is 13.7 Å². The average molecular weight is 396 g/mol. The van der Waals surface area contributed by atoms with E-state index >= 15 is 0 Å². The molecule has 1 fully saturated rings. The van der Waals surface area contributed by atoms with Crippen molar-refractivity contribution in [3.05, 3.63) is 30.1 Å². The van der Waals surface area contributed by atoms with E-state index in [4.69, 9.17) is 0 Å². The zero-order valence-corrected chi connectivity index (χ0v) is 18.1. The Morgan fingerprint density at radius 2 is 2.04 bits per heavy atom. The molecule has 0 bridgehead atoms. The van der Waals surface area contributed by atoms with E-state index in [-0.39, 0.29) is 16.2 Å². The van der Waals surface area contributed by atoms with E-state index in [1.54, 1.807) is 6.20 Å². The minimum Gasteiger partial charge on any atom is -0.465 e. The molecule has 2 N–H and O–H groups in total. The van der Waals surface area contributed by atoms with Gasteiger partial charge < -0.3 is 10.0 Å². The van der Waals surface area contributed by atoms with Crippen molar-refractivity contribution < 1.29 is 14.1 Å². The summed E-state index contributed by atoms with van der Waals surface area (Å²) in [7, 11) is -1.23. The van der Waals surface area contributed by atoms with Crippen LogP contribution in [0.3, 0.4) is 0 Å². The summed E-state index contributed by atoms with van der Waals surface area (Å²) in [5.74, 6) is 0.281. The number of likely N-dealkylation sites (tertiary alicyclic amines) is 1. The average Bonchev–Trinajstić information content (AvgIpc) is 2.88. The molecule has 1 aromatic heterocycles. The van der Waals surface area contributed by atoms with Crippen molar-refractivity contribution in [3.63, 3.8) is 0 Å². The minimum absolute atomic E-state index is 0.281. The van der Waals surface area contributed by atoms with E-state index in [1.165, 1.54) is 4.90 Å². The van der Waals surface area contributed by atoms with Crippen LogP contribution in [0.15, 0.2) is 24.4 Å². The first-order valence-electron chi connectivity index (χ1n) is 9.47. The number of carboxylic acid groups (broad SMARTS) is 1. The van der Waals surface area contributed by atoms with Gasteiger partial charge in [-0.2, -0.15) is 0 Å². The molecule has 2 rings (SSSR count). The van der Waals surface area contributed by atoms with Crippen LogP contribution >= 0.6 is 0 Å². The van der Waals surface area contributed by atoms with Gasteiger partial charge in [0, 0.05) is 18.3 Å². The Hall–Kier alpha value is -1.47. The quantitative estimate of drug-likeness (QED) is 0.765. The fraction of sp³-hybridized carbons (Fsp3) is 0.700. The summed E-state index contributed by atoms with van der Waals surface area (Å²) < 4.78 is 15.7. The monoisotopic (exact) mass is 395 g/mol. The second kappa shape index (κ2) is 7.87. The second-order valence-electron chi connectivity index (χ2n) is 9.34. The van der Waals surface area contributed by atoms with Crippen LogP contribution in [0.1, 0.15) is 66.5 Å². The first-order chi connectivity index (χ1) is 12.3. The van der Waals surface area contributed by atoms with E-state index in [0.29, 0.717) is 6.54 Å². The summed E-state index contributed by atoms with van der Waals surface area (Å²) in [6.07, 6.45) is 3.30. The summed E-state index contributed by atoms with van der Waals surface area (Å²) in [4.78, 5) is 17.5. The van der Waals surface area contributed by atoms with Crippen LogP contribution < -0.4 is 4.72 Å². The first-order valence-corrected chi connectivity index (χ1v) is 10.6. The second-order valence-corrected chi connectivity index (χ2v) is 11.3. The number of pyridine rings is 1. The van der Waals surface area contributed by atoms with Gasteiger partial charge in [-0.3, -0.25) is 4.98 Å². The standard InChI is InChI=1S/C20H33N3O3S/c1-18(2,3)27(26)22-20(6,16-9-7-8-12-21-16)11-10-15-13-19(4,5)23(14-15)17(24)25/h7-9,12,15,22H,10-11,13-14H2,1-6H3,(H,24,25)/t15-,20?,27?/m0/s1. The van der Waals surface area contributed by atoms with Gasteiger partial charge in [-0.05, 0) is 78.9 Å². The van der Waals surface area contributed by atoms with Crippen LogP contribution in [0.2, 0.25) is 0 Å². The van der Waals surface area contributed by atoms with Gasteiger partial charge >= 0.3 is 6.09 Å². The van der Waals surface area contributed by atoms with Crippen LogP contribution in [0, 0.1) is 5.92 Å². The van der Waals surface area contributed by atoms with Crippen molar-refractivity contribution >= 4 is 17.1 Å². The summed E-state index contributed by atoms with van der Waals surface area (Å²) in [5, 5.41) is 9.44. The van der Waals surface area contributed by atoms with Crippen molar-refractivity contribution in [2.75, 3.05) is 6.54 Å². The lowest BCUT2D eigenvalue weighted by Crippen LogP contribution is -2.46. The highest BCUT2D eigenvalue weighted by molar-refractivity contribution is 7.84. The summed E-state index contributed by atoms with van der Waals surface area (Å²) in [6, 6.07) is 5.76. The summed E-state index contributed by atoms with van der Waals surface area (Å²) >= 11 is 0. The van der Waals surface area contributed by atoms with Crippen LogP contribution in [-0.4, -0.2) is 42.1 Å². The van der Waals surface area contributed by atoms with E-state index in [2.05, 4.69) is 9.71 Å². The molecule has 1 amide bonds. The molecule has 0 saturated carbocycles. The molecule has 152 valence electrons. The highest BCUT2D eigenvalue weighted by atomic mass is 32.2. The zero-order valence-electron chi connectivity index (χ0n) is 17.3. The summed E-state index contributed by atoms with van der Waals surface area (Å²) in [6.45, 7) is 12.4. The molecule has 1 saturated heterocycles. The van der Waals surface area contributed by atoms with Crippen LogP contribution in [-0.2, 0) is 16.5 Å². The lowest BCUT2D eigenvalue weighted by atomic mass is 9.86. The van der Waals surface area contributed by atoms with E-state index in [1.807, 2.05) is 59.7 Å². The smallest absolute Gasteiger partial charge is 0.407 e. The Balaban J connectivity index is 2.16. The molecule has 27 heavy (non-hydrogen) atoms. The third-order valence-corrected chi connectivity index (χ3v) is 7.10. The largest absolute Gasteiger partial charge is 0.465 e. The van der Waals surface area contributed by atoms with Gasteiger partial charge in [0.05, 0.1) is 27.0 Å². The number of aromatic nitrogens is 1. The van der Waals surface area contributed by atoms with Gasteiger partial charge in [-0.15, -0.1) is 0 Å². The Morgan fingerprint density at radius 1 is 1.37 bits per heavy atom. The first kappa shape index (κ1) is 21.8. The van der Waals surface area contributed by atoms with Crippen molar-refractivity contribution in [3.8, 4) is 0 Å². The number of hydrogen-bond donors (Lipinski definition) is 2. The molecule has 2 heterocycles. The van der Waals surface area contributed by atoms with Crippen molar-refractivity contribution in [1.82, 2.24) is 14.6 Å². The molecular weight excluding hydrogens is 362 g/mol. The molecule has 0 aliphatic carbocycles. The molecule has 1 aromatic rings. The van der Waals surface area contributed by atoms with Crippen LogP contribution in [0.4, 0.5) is 4.79 Å². The van der Waals surface area contributed by atoms with E-state index < -0.39 is 22.6 Å². The number of nitrogens with one attached hydrogen (secondary N) is 1. The number of amides is 1. The number of rotatable bonds is 6. The highest BCUT2D eigenvalue weighted by Gasteiger charge is 2.42. The normalized spacial score (nSPS) is 23.0. The zero-order chi connectivity index (χ0) is 20.5. The number of carbonyl (C=O) groups is 1.